The van der Waals surface area contributed by atoms with E-state index in [0.29, 0.717) is 24.4 Å². The summed E-state index contributed by atoms with van der Waals surface area (Å²) in [6, 6.07) is 8.18. The molecule has 1 aromatic carbocycles. The molecule has 2 aromatic rings. The van der Waals surface area contributed by atoms with E-state index in [4.69, 9.17) is 9.15 Å². The minimum atomic E-state index is -0.966. The monoisotopic (exact) mass is 374 g/mol. The van der Waals surface area contributed by atoms with E-state index in [1.165, 1.54) is 0 Å². The molecule has 0 aliphatic carbocycles. The van der Waals surface area contributed by atoms with Crippen molar-refractivity contribution >= 4 is 23.0 Å². The number of carboxylic acid groups (broad SMARTS) is 1. The van der Waals surface area contributed by atoms with Crippen molar-refractivity contribution in [3.63, 3.8) is 0 Å². The Morgan fingerprint density at radius 3 is 2.74 bits per heavy atom. The maximum atomic E-state index is 12.0. The molecule has 1 aliphatic rings. The third kappa shape index (κ3) is 4.80. The van der Waals surface area contributed by atoms with Gasteiger partial charge in [0.25, 0.3) is 0 Å². The highest BCUT2D eigenvalue weighted by Crippen LogP contribution is 2.30. The Morgan fingerprint density at radius 2 is 2.07 bits per heavy atom. The summed E-state index contributed by atoms with van der Waals surface area (Å²) < 4.78 is 11.1. The fraction of sp³-hybridized carbons (Fsp3) is 0.500. The zero-order valence-corrected chi connectivity index (χ0v) is 15.9. The number of benzene rings is 1. The fourth-order valence-electron chi connectivity index (χ4n) is 3.43. The van der Waals surface area contributed by atoms with Gasteiger partial charge in [0.15, 0.2) is 6.04 Å². The minimum absolute atomic E-state index is 0.167. The lowest BCUT2D eigenvalue weighted by Crippen LogP contribution is -2.50. The van der Waals surface area contributed by atoms with Crippen LogP contribution in [0.15, 0.2) is 34.7 Å². The number of piperidine rings is 1. The largest absolute Gasteiger partial charge is 0.480 e. The number of para-hydroxylation sites is 1. The third-order valence-corrected chi connectivity index (χ3v) is 4.49. The van der Waals surface area contributed by atoms with Crippen LogP contribution in [0.3, 0.4) is 0 Å². The second-order valence-electron chi connectivity index (χ2n) is 7.91. The highest BCUT2D eigenvalue weighted by molar-refractivity contribution is 5.81. The Labute approximate surface area is 158 Å². The first-order valence-electron chi connectivity index (χ1n) is 9.18. The second-order valence-corrected chi connectivity index (χ2v) is 7.91. The van der Waals surface area contributed by atoms with E-state index >= 15 is 0 Å². The summed E-state index contributed by atoms with van der Waals surface area (Å²) in [6.07, 6.45) is 1.08. The fourth-order valence-corrected chi connectivity index (χ4v) is 3.43. The van der Waals surface area contributed by atoms with E-state index < -0.39 is 23.7 Å². The molecule has 1 amide bonds. The molecule has 1 saturated heterocycles. The molecule has 2 heterocycles. The first-order chi connectivity index (χ1) is 12.7. The molecule has 7 nitrogen and oxygen atoms in total. The molecule has 1 aromatic heterocycles. The van der Waals surface area contributed by atoms with E-state index in [9.17, 15) is 14.7 Å². The maximum absolute atomic E-state index is 12.0. The summed E-state index contributed by atoms with van der Waals surface area (Å²) in [7, 11) is 0. The molecule has 2 atom stereocenters. The summed E-state index contributed by atoms with van der Waals surface area (Å²) in [4.78, 5) is 25.9. The van der Waals surface area contributed by atoms with Crippen LogP contribution in [0.5, 0.6) is 0 Å². The van der Waals surface area contributed by atoms with Crippen molar-refractivity contribution in [1.82, 2.24) is 10.2 Å². The number of fused-ring (bicyclic) bond motifs is 1. The van der Waals surface area contributed by atoms with Crippen LogP contribution in [0, 0.1) is 0 Å². The molecule has 0 unspecified atom stereocenters. The Hall–Kier alpha value is -2.54. The van der Waals surface area contributed by atoms with Gasteiger partial charge < -0.3 is 19.6 Å². The van der Waals surface area contributed by atoms with Crippen molar-refractivity contribution in [3.05, 3.63) is 36.1 Å². The van der Waals surface area contributed by atoms with Crippen molar-refractivity contribution < 1.29 is 23.8 Å². The van der Waals surface area contributed by atoms with Gasteiger partial charge in [0.2, 0.25) is 0 Å². The van der Waals surface area contributed by atoms with Crippen LogP contribution in [0.4, 0.5) is 4.79 Å². The van der Waals surface area contributed by atoms with Crippen LogP contribution in [0.1, 0.15) is 45.4 Å². The predicted octanol–water partition coefficient (Wildman–Crippen LogP) is 3.55. The Kier molecular flexibility index (Phi) is 5.41. The molecule has 146 valence electrons. The lowest BCUT2D eigenvalue weighted by atomic mass is 10.0. The van der Waals surface area contributed by atoms with Crippen molar-refractivity contribution in [2.75, 3.05) is 13.1 Å². The van der Waals surface area contributed by atoms with Crippen LogP contribution in [0.25, 0.3) is 11.0 Å². The molecule has 27 heavy (non-hydrogen) atoms. The van der Waals surface area contributed by atoms with E-state index in [2.05, 4.69) is 5.32 Å². The number of amides is 1. The summed E-state index contributed by atoms with van der Waals surface area (Å²) >= 11 is 0. The number of rotatable bonds is 4. The summed E-state index contributed by atoms with van der Waals surface area (Å²) in [5.74, 6) is -0.561. The average Bonchev–Trinajstić information content (AvgIpc) is 2.96. The Bertz CT molecular complexity index is 790. The van der Waals surface area contributed by atoms with E-state index in [0.717, 1.165) is 18.2 Å². The molecule has 0 bridgehead atoms. The van der Waals surface area contributed by atoms with Gasteiger partial charge in [-0.05, 0) is 52.3 Å². The van der Waals surface area contributed by atoms with E-state index in [1.807, 2.05) is 49.9 Å². The van der Waals surface area contributed by atoms with Gasteiger partial charge in [-0.1, -0.05) is 18.2 Å². The van der Waals surface area contributed by atoms with Crippen molar-refractivity contribution in [1.29, 1.82) is 0 Å². The smallest absolute Gasteiger partial charge is 0.407 e. The zero-order valence-electron chi connectivity index (χ0n) is 15.9. The predicted molar refractivity (Wildman–Crippen MR) is 101 cm³/mol. The summed E-state index contributed by atoms with van der Waals surface area (Å²) in [5, 5.41) is 13.5. The first-order valence-corrected chi connectivity index (χ1v) is 9.18. The van der Waals surface area contributed by atoms with E-state index in [-0.39, 0.29) is 6.04 Å². The van der Waals surface area contributed by atoms with Gasteiger partial charge in [0.1, 0.15) is 16.9 Å². The van der Waals surface area contributed by atoms with Crippen molar-refractivity contribution in [2.45, 2.75) is 51.3 Å². The van der Waals surface area contributed by atoms with Gasteiger partial charge in [0.05, 0.1) is 0 Å². The summed E-state index contributed by atoms with van der Waals surface area (Å²) in [5.41, 5.74) is 0.0928. The van der Waals surface area contributed by atoms with Crippen molar-refractivity contribution in [3.8, 4) is 0 Å². The molecule has 3 rings (SSSR count). The van der Waals surface area contributed by atoms with Crippen LogP contribution < -0.4 is 5.32 Å². The van der Waals surface area contributed by atoms with Crippen LogP contribution >= 0.6 is 0 Å². The van der Waals surface area contributed by atoms with Gasteiger partial charge in [-0.3, -0.25) is 9.69 Å². The number of aliphatic carboxylic acids is 1. The van der Waals surface area contributed by atoms with Gasteiger partial charge >= 0.3 is 12.1 Å². The van der Waals surface area contributed by atoms with Crippen LogP contribution in [-0.2, 0) is 9.53 Å². The van der Waals surface area contributed by atoms with Crippen LogP contribution in [0.2, 0.25) is 0 Å². The molecular weight excluding hydrogens is 348 g/mol. The second kappa shape index (κ2) is 7.60. The highest BCUT2D eigenvalue weighted by Gasteiger charge is 2.35. The molecule has 0 radical (unpaired) electrons. The molecule has 1 aliphatic heterocycles. The molecule has 1 fully saturated rings. The van der Waals surface area contributed by atoms with E-state index in [1.54, 1.807) is 6.07 Å². The van der Waals surface area contributed by atoms with Gasteiger partial charge in [-0.2, -0.15) is 0 Å². The van der Waals surface area contributed by atoms with Crippen molar-refractivity contribution in [2.24, 2.45) is 0 Å². The number of carboxylic acids is 1. The number of likely N-dealkylation sites (tertiary alicyclic amines) is 1. The molecule has 0 saturated carbocycles. The number of carbonyl (C=O) groups excluding carboxylic acids is 1. The molecule has 7 heteroatoms. The standard InChI is InChI=1S/C20H26N2O5/c1-20(2,3)27-19(25)21-14-8-6-10-22(12-14)17(18(23)24)16-11-13-7-4-5-9-15(13)26-16/h4-5,7,9,11,14,17H,6,8,10,12H2,1-3H3,(H,21,25)(H,23,24)/t14-,17+/m1/s1. The maximum Gasteiger partial charge on any atom is 0.407 e. The Balaban J connectivity index is 1.74. The first kappa shape index (κ1) is 19.2. The number of nitrogens with one attached hydrogen (secondary N) is 1. The topological polar surface area (TPSA) is 92.0 Å². The minimum Gasteiger partial charge on any atom is -0.480 e. The Morgan fingerprint density at radius 1 is 1.33 bits per heavy atom. The number of furan rings is 1. The molecule has 0 spiro atoms. The molecule has 2 N–H and O–H groups in total. The normalized spacial score (nSPS) is 19.6. The van der Waals surface area contributed by atoms with Gasteiger partial charge in [-0.15, -0.1) is 0 Å². The highest BCUT2D eigenvalue weighted by atomic mass is 16.6. The SMILES string of the molecule is CC(C)(C)OC(=O)N[C@@H]1CCCN([C@H](C(=O)O)c2cc3ccccc3o2)C1. The number of hydrogen-bond acceptors (Lipinski definition) is 5. The lowest BCUT2D eigenvalue weighted by molar-refractivity contribution is -0.144. The number of nitrogens with zero attached hydrogens (tertiary/aromatic N) is 1. The van der Waals surface area contributed by atoms with Gasteiger partial charge in [-0.25, -0.2) is 4.79 Å². The van der Waals surface area contributed by atoms with Crippen LogP contribution in [-0.4, -0.2) is 46.8 Å². The third-order valence-electron chi connectivity index (χ3n) is 4.49. The lowest BCUT2D eigenvalue weighted by Gasteiger charge is -2.36. The quantitative estimate of drug-likeness (QED) is 0.850. The average molecular weight is 374 g/mol. The number of hydrogen-bond donors (Lipinski definition) is 2. The van der Waals surface area contributed by atoms with Gasteiger partial charge in [0, 0.05) is 18.0 Å². The zero-order chi connectivity index (χ0) is 19.6. The number of ether oxygens (including phenoxy) is 1. The summed E-state index contributed by atoms with van der Waals surface area (Å²) in [6.45, 7) is 6.47. The molecular formula is C20H26N2O5. The number of carbonyl (C=O) groups is 2. The number of alkyl carbamates (subject to hydrolysis) is 1.